The molecule has 0 bridgehead atoms. The van der Waals surface area contributed by atoms with E-state index >= 15 is 0 Å². The van der Waals surface area contributed by atoms with Gasteiger partial charge in [0.15, 0.2) is 0 Å². The van der Waals surface area contributed by atoms with Crippen molar-refractivity contribution < 1.29 is 31.7 Å². The highest BCUT2D eigenvalue weighted by Crippen LogP contribution is 2.35. The maximum atomic E-state index is 12.2. The van der Waals surface area contributed by atoms with Crippen LogP contribution in [0.15, 0.2) is 18.2 Å². The summed E-state index contributed by atoms with van der Waals surface area (Å²) in [6, 6.07) is 5.75. The van der Waals surface area contributed by atoms with Crippen LogP contribution >= 0.6 is 0 Å². The minimum Gasteiger partial charge on any atom is -0.495 e. The fourth-order valence-electron chi connectivity index (χ4n) is 3.85. The molecule has 2 saturated heterocycles. The van der Waals surface area contributed by atoms with Gasteiger partial charge in [0.2, 0.25) is 11.8 Å². The largest absolute Gasteiger partial charge is 0.495 e. The van der Waals surface area contributed by atoms with Crippen LogP contribution in [-0.4, -0.2) is 66.0 Å². The van der Waals surface area contributed by atoms with E-state index in [0.29, 0.717) is 18.6 Å². The number of hydrogen-bond acceptors (Lipinski definition) is 8. The lowest BCUT2D eigenvalue weighted by molar-refractivity contribution is -0.134. The number of carbonyl (C=O) groups excluding carboxylic acids is 2. The molecule has 2 fully saturated rings. The van der Waals surface area contributed by atoms with Crippen LogP contribution in [-0.2, 0) is 28.6 Å². The maximum absolute atomic E-state index is 12.2. The summed E-state index contributed by atoms with van der Waals surface area (Å²) in [5, 5.41) is 2.39. The molecule has 2 amide bonds. The molecular formula is C20H28N2O7S. The molecule has 1 unspecified atom stereocenters. The zero-order valence-corrected chi connectivity index (χ0v) is 18.1. The Morgan fingerprint density at radius 3 is 2.50 bits per heavy atom. The summed E-state index contributed by atoms with van der Waals surface area (Å²) in [6.45, 7) is 1.80. The van der Waals surface area contributed by atoms with Gasteiger partial charge in [0.1, 0.15) is 5.75 Å². The number of carbonyl (C=O) groups is 2. The van der Waals surface area contributed by atoms with E-state index in [2.05, 4.69) is 14.4 Å². The van der Waals surface area contributed by atoms with Crippen molar-refractivity contribution in [2.75, 3.05) is 44.6 Å². The third kappa shape index (κ3) is 5.93. The number of methoxy groups -OCH3 is 1. The minimum atomic E-state index is -3.44. The van der Waals surface area contributed by atoms with Gasteiger partial charge < -0.3 is 14.4 Å². The molecule has 2 aliphatic heterocycles. The average Bonchev–Trinajstić information content (AvgIpc) is 2.71. The third-order valence-corrected chi connectivity index (χ3v) is 5.96. The van der Waals surface area contributed by atoms with Gasteiger partial charge in [0, 0.05) is 19.5 Å². The van der Waals surface area contributed by atoms with Gasteiger partial charge in [-0.15, -0.1) is 0 Å². The Bertz CT molecular complexity index is 879. The predicted octanol–water partition coefficient (Wildman–Crippen LogP) is 1.18. The summed E-state index contributed by atoms with van der Waals surface area (Å²) in [6.07, 6.45) is 3.51. The molecule has 2 aliphatic rings. The zero-order valence-electron chi connectivity index (χ0n) is 17.3. The van der Waals surface area contributed by atoms with Gasteiger partial charge in [-0.3, -0.25) is 19.1 Å². The van der Waals surface area contributed by atoms with Crippen molar-refractivity contribution in [1.29, 1.82) is 0 Å². The zero-order chi connectivity index (χ0) is 21.7. The highest BCUT2D eigenvalue weighted by molar-refractivity contribution is 7.85. The molecule has 1 aromatic rings. The van der Waals surface area contributed by atoms with Crippen molar-refractivity contribution in [1.82, 2.24) is 5.32 Å². The molecule has 1 N–H and O–H groups in total. The summed E-state index contributed by atoms with van der Waals surface area (Å²) in [5.41, 5.74) is 1.79. The maximum Gasteiger partial charge on any atom is 0.264 e. The first kappa shape index (κ1) is 22.5. The number of anilines is 1. The van der Waals surface area contributed by atoms with Gasteiger partial charge in [-0.25, -0.2) is 0 Å². The standard InChI is InChI=1S/C20H28N2O7S/c1-27-18-13-14(16-4-6-19(23)21-20(16)24)3-5-17(18)22-9-7-15(8-10-22)28-11-12-29-30(2,25)26/h3,5,13,15-16H,4,6-12H2,1-2H3,(H,21,23,24). The second kappa shape index (κ2) is 9.76. The molecule has 0 radical (unpaired) electrons. The Kier molecular flexibility index (Phi) is 7.32. The summed E-state index contributed by atoms with van der Waals surface area (Å²) < 4.78 is 37.9. The molecule has 0 aromatic heterocycles. The Balaban J connectivity index is 1.56. The molecular weight excluding hydrogens is 412 g/mol. The molecule has 0 aliphatic carbocycles. The fraction of sp³-hybridized carbons (Fsp3) is 0.600. The Labute approximate surface area is 176 Å². The predicted molar refractivity (Wildman–Crippen MR) is 110 cm³/mol. The number of nitrogens with zero attached hydrogens (tertiary/aromatic N) is 1. The van der Waals surface area contributed by atoms with E-state index < -0.39 is 10.1 Å². The number of hydrogen-bond donors (Lipinski definition) is 1. The monoisotopic (exact) mass is 440 g/mol. The average molecular weight is 441 g/mol. The third-order valence-electron chi connectivity index (χ3n) is 5.36. The van der Waals surface area contributed by atoms with Crippen LogP contribution in [0.2, 0.25) is 0 Å². The van der Waals surface area contributed by atoms with E-state index in [9.17, 15) is 18.0 Å². The van der Waals surface area contributed by atoms with Gasteiger partial charge in [0.25, 0.3) is 10.1 Å². The Hall–Kier alpha value is -2.17. The first-order chi connectivity index (χ1) is 14.3. The highest BCUT2D eigenvalue weighted by Gasteiger charge is 2.29. The van der Waals surface area contributed by atoms with E-state index in [4.69, 9.17) is 9.47 Å². The van der Waals surface area contributed by atoms with E-state index in [-0.39, 0.29) is 37.0 Å². The van der Waals surface area contributed by atoms with E-state index in [1.165, 1.54) is 0 Å². The van der Waals surface area contributed by atoms with E-state index in [1.807, 2.05) is 18.2 Å². The lowest BCUT2D eigenvalue weighted by atomic mass is 9.90. The molecule has 0 saturated carbocycles. The normalized spacial score (nSPS) is 20.9. The summed E-state index contributed by atoms with van der Waals surface area (Å²) >= 11 is 0. The second-order valence-corrected chi connectivity index (χ2v) is 9.16. The quantitative estimate of drug-likeness (QED) is 0.364. The number of ether oxygens (including phenoxy) is 2. The van der Waals surface area contributed by atoms with Crippen molar-refractivity contribution in [2.45, 2.75) is 37.7 Å². The minimum absolute atomic E-state index is 0.0225. The second-order valence-electron chi connectivity index (χ2n) is 7.52. The van der Waals surface area contributed by atoms with Crippen LogP contribution in [0.4, 0.5) is 5.69 Å². The lowest BCUT2D eigenvalue weighted by Crippen LogP contribution is -2.39. The van der Waals surface area contributed by atoms with Crippen molar-refractivity contribution in [2.24, 2.45) is 0 Å². The number of piperidine rings is 2. The Morgan fingerprint density at radius 1 is 1.13 bits per heavy atom. The SMILES string of the molecule is COc1cc(C2CCC(=O)NC2=O)ccc1N1CCC(OCCOS(C)(=O)=O)CC1. The van der Waals surface area contributed by atoms with Crippen molar-refractivity contribution in [3.8, 4) is 5.75 Å². The van der Waals surface area contributed by atoms with Gasteiger partial charge >= 0.3 is 0 Å². The first-order valence-corrected chi connectivity index (χ1v) is 11.8. The van der Waals surface area contributed by atoms with Crippen LogP contribution in [0.1, 0.15) is 37.2 Å². The number of imide groups is 1. The number of benzene rings is 1. The van der Waals surface area contributed by atoms with Gasteiger partial charge in [0.05, 0.1) is 44.3 Å². The molecule has 1 atom stereocenters. The molecule has 1 aromatic carbocycles. The van der Waals surface area contributed by atoms with Crippen molar-refractivity contribution in [3.63, 3.8) is 0 Å². The summed E-state index contributed by atoms with van der Waals surface area (Å²) in [7, 11) is -1.84. The van der Waals surface area contributed by atoms with Crippen LogP contribution in [0.3, 0.4) is 0 Å². The van der Waals surface area contributed by atoms with Crippen molar-refractivity contribution in [3.05, 3.63) is 23.8 Å². The first-order valence-electron chi connectivity index (χ1n) is 9.99. The van der Waals surface area contributed by atoms with E-state index in [0.717, 1.165) is 43.4 Å². The molecule has 30 heavy (non-hydrogen) atoms. The van der Waals surface area contributed by atoms with Crippen LogP contribution in [0, 0.1) is 0 Å². The van der Waals surface area contributed by atoms with Crippen LogP contribution in [0.25, 0.3) is 0 Å². The molecule has 3 rings (SSSR count). The summed E-state index contributed by atoms with van der Waals surface area (Å²) in [5.74, 6) is -0.149. The smallest absolute Gasteiger partial charge is 0.264 e. The molecule has 10 heteroatoms. The van der Waals surface area contributed by atoms with Gasteiger partial charge in [-0.05, 0) is 37.0 Å². The Morgan fingerprint density at radius 2 is 1.87 bits per heavy atom. The molecule has 0 spiro atoms. The lowest BCUT2D eigenvalue weighted by Gasteiger charge is -2.34. The number of rotatable bonds is 8. The molecule has 166 valence electrons. The number of amides is 2. The summed E-state index contributed by atoms with van der Waals surface area (Å²) in [4.78, 5) is 25.7. The van der Waals surface area contributed by atoms with Gasteiger partial charge in [-0.1, -0.05) is 6.07 Å². The highest BCUT2D eigenvalue weighted by atomic mass is 32.2. The fourth-order valence-corrected chi connectivity index (χ4v) is 4.22. The van der Waals surface area contributed by atoms with Crippen LogP contribution in [0.5, 0.6) is 5.75 Å². The molecule has 2 heterocycles. The molecule has 9 nitrogen and oxygen atoms in total. The topological polar surface area (TPSA) is 111 Å². The number of nitrogens with one attached hydrogen (secondary N) is 1. The van der Waals surface area contributed by atoms with Gasteiger partial charge in [-0.2, -0.15) is 8.42 Å². The van der Waals surface area contributed by atoms with Crippen molar-refractivity contribution >= 4 is 27.6 Å². The van der Waals surface area contributed by atoms with Crippen LogP contribution < -0.4 is 15.0 Å². The van der Waals surface area contributed by atoms with E-state index in [1.54, 1.807) is 7.11 Å².